The summed E-state index contributed by atoms with van der Waals surface area (Å²) in [5, 5.41) is 0. The van der Waals surface area contributed by atoms with Crippen molar-refractivity contribution in [2.75, 3.05) is 6.61 Å². The van der Waals surface area contributed by atoms with Crippen LogP contribution in [0, 0.1) is 11.6 Å². The van der Waals surface area contributed by atoms with E-state index < -0.39 is 17.6 Å². The minimum absolute atomic E-state index is 0.236. The Morgan fingerprint density at radius 3 is 2.84 bits per heavy atom. The summed E-state index contributed by atoms with van der Waals surface area (Å²) < 4.78 is 30.6. The molecule has 0 bridgehead atoms. The third-order valence-corrected chi connectivity index (χ3v) is 2.48. The van der Waals surface area contributed by atoms with Gasteiger partial charge in [-0.1, -0.05) is 6.07 Å². The van der Waals surface area contributed by atoms with Gasteiger partial charge in [0.25, 0.3) is 0 Å². The first-order chi connectivity index (χ1) is 9.10. The van der Waals surface area contributed by atoms with Gasteiger partial charge < -0.3 is 9.72 Å². The third-order valence-electron chi connectivity index (χ3n) is 2.48. The van der Waals surface area contributed by atoms with E-state index in [1.807, 2.05) is 0 Å². The first kappa shape index (κ1) is 13.2. The Labute approximate surface area is 108 Å². The topological polar surface area (TPSA) is 55.0 Å². The molecule has 0 saturated carbocycles. The second-order valence-corrected chi connectivity index (χ2v) is 3.89. The maximum Gasteiger partial charge on any atom is 0.356 e. The normalized spacial score (nSPS) is 10.5. The van der Waals surface area contributed by atoms with Gasteiger partial charge in [-0.25, -0.2) is 18.6 Å². The van der Waals surface area contributed by atoms with Crippen molar-refractivity contribution >= 4 is 5.97 Å². The Hall–Kier alpha value is -2.24. The van der Waals surface area contributed by atoms with Crippen molar-refractivity contribution in [3.63, 3.8) is 0 Å². The predicted molar refractivity (Wildman–Crippen MR) is 63.7 cm³/mol. The lowest BCUT2D eigenvalue weighted by molar-refractivity contribution is 0.0520. The summed E-state index contributed by atoms with van der Waals surface area (Å²) in [4.78, 5) is 18.2. The summed E-state index contributed by atoms with van der Waals surface area (Å²) >= 11 is 0. The molecule has 0 aliphatic heterocycles. The molecule has 0 saturated heterocycles. The molecule has 0 spiro atoms. The summed E-state index contributed by atoms with van der Waals surface area (Å²) in [6, 6.07) is 3.62. The molecule has 0 amide bonds. The van der Waals surface area contributed by atoms with Gasteiger partial charge in [0.2, 0.25) is 0 Å². The molecule has 2 rings (SSSR count). The Balaban J connectivity index is 2.11. The number of carbonyl (C=O) groups excluding carboxylic acids is 1. The standard InChI is InChI=1S/C13H12F2N2O2/c1-2-19-13(18)11-7-16-12(17-11)6-8-3-4-9(14)10(15)5-8/h3-5,7H,2,6H2,1H3,(H,16,17). The predicted octanol–water partition coefficient (Wildman–Crippen LogP) is 2.46. The van der Waals surface area contributed by atoms with Crippen LogP contribution in [0.5, 0.6) is 0 Å². The van der Waals surface area contributed by atoms with Crippen LogP contribution < -0.4 is 0 Å². The number of hydrogen-bond donors (Lipinski definition) is 1. The molecule has 6 heteroatoms. The molecule has 1 aromatic carbocycles. The van der Waals surface area contributed by atoms with Gasteiger partial charge in [0.15, 0.2) is 11.6 Å². The SMILES string of the molecule is CCOC(=O)c1cnc(Cc2ccc(F)c(F)c2)[nH]1. The zero-order valence-electron chi connectivity index (χ0n) is 10.2. The fourth-order valence-electron chi connectivity index (χ4n) is 1.61. The molecule has 19 heavy (non-hydrogen) atoms. The van der Waals surface area contributed by atoms with Crippen LogP contribution in [-0.4, -0.2) is 22.5 Å². The first-order valence-corrected chi connectivity index (χ1v) is 5.75. The lowest BCUT2D eigenvalue weighted by Crippen LogP contribution is -2.05. The molecule has 0 radical (unpaired) electrons. The van der Waals surface area contributed by atoms with E-state index in [0.717, 1.165) is 12.1 Å². The molecule has 0 unspecified atom stereocenters. The van der Waals surface area contributed by atoms with Crippen molar-refractivity contribution in [1.29, 1.82) is 0 Å². The van der Waals surface area contributed by atoms with Crippen LogP contribution in [-0.2, 0) is 11.2 Å². The number of halogens is 2. The van der Waals surface area contributed by atoms with Gasteiger partial charge in [-0.3, -0.25) is 0 Å². The van der Waals surface area contributed by atoms with Crippen molar-refractivity contribution in [3.05, 3.63) is 53.1 Å². The van der Waals surface area contributed by atoms with Crippen molar-refractivity contribution in [1.82, 2.24) is 9.97 Å². The fourth-order valence-corrected chi connectivity index (χ4v) is 1.61. The van der Waals surface area contributed by atoms with Gasteiger partial charge >= 0.3 is 5.97 Å². The van der Waals surface area contributed by atoms with E-state index in [-0.39, 0.29) is 18.7 Å². The zero-order valence-corrected chi connectivity index (χ0v) is 10.2. The summed E-state index contributed by atoms with van der Waals surface area (Å²) in [5.41, 5.74) is 0.795. The Morgan fingerprint density at radius 2 is 2.16 bits per heavy atom. The molecule has 100 valence electrons. The number of imidazole rings is 1. The first-order valence-electron chi connectivity index (χ1n) is 5.75. The minimum Gasteiger partial charge on any atom is -0.461 e. The van der Waals surface area contributed by atoms with Crippen molar-refractivity contribution in [2.45, 2.75) is 13.3 Å². The number of benzene rings is 1. The largest absolute Gasteiger partial charge is 0.461 e. The van der Waals surface area contributed by atoms with Crippen LogP contribution in [0.25, 0.3) is 0 Å². The Kier molecular flexibility index (Phi) is 3.89. The highest BCUT2D eigenvalue weighted by Gasteiger charge is 2.11. The summed E-state index contributed by atoms with van der Waals surface area (Å²) in [7, 11) is 0. The highest BCUT2D eigenvalue weighted by molar-refractivity contribution is 5.86. The van der Waals surface area contributed by atoms with E-state index in [9.17, 15) is 13.6 Å². The number of H-pyrrole nitrogens is 1. The van der Waals surface area contributed by atoms with Gasteiger partial charge in [0, 0.05) is 6.42 Å². The average molecular weight is 266 g/mol. The Bertz CT molecular complexity index is 596. The quantitative estimate of drug-likeness (QED) is 0.865. The van der Waals surface area contributed by atoms with Crippen LogP contribution in [0.15, 0.2) is 24.4 Å². The maximum absolute atomic E-state index is 13.0. The van der Waals surface area contributed by atoms with Crippen LogP contribution in [0.1, 0.15) is 28.8 Å². The number of carbonyl (C=O) groups is 1. The molecule has 1 heterocycles. The van der Waals surface area contributed by atoms with Gasteiger partial charge in [-0.05, 0) is 24.6 Å². The lowest BCUT2D eigenvalue weighted by atomic mass is 10.1. The van der Waals surface area contributed by atoms with E-state index in [4.69, 9.17) is 4.74 Å². The number of aromatic nitrogens is 2. The molecule has 0 aliphatic carbocycles. The number of esters is 1. The molecule has 0 fully saturated rings. The molecule has 1 N–H and O–H groups in total. The number of aromatic amines is 1. The Morgan fingerprint density at radius 1 is 1.37 bits per heavy atom. The van der Waals surface area contributed by atoms with E-state index >= 15 is 0 Å². The van der Waals surface area contributed by atoms with E-state index in [1.54, 1.807) is 6.92 Å². The van der Waals surface area contributed by atoms with E-state index in [1.165, 1.54) is 12.3 Å². The highest BCUT2D eigenvalue weighted by atomic mass is 19.2. The lowest BCUT2D eigenvalue weighted by Gasteiger charge is -2.00. The van der Waals surface area contributed by atoms with Crippen LogP contribution >= 0.6 is 0 Å². The number of ether oxygens (including phenoxy) is 1. The third kappa shape index (κ3) is 3.15. The number of nitrogens with one attached hydrogen (secondary N) is 1. The summed E-state index contributed by atoms with van der Waals surface area (Å²) in [6.45, 7) is 1.98. The zero-order chi connectivity index (χ0) is 13.8. The monoisotopic (exact) mass is 266 g/mol. The highest BCUT2D eigenvalue weighted by Crippen LogP contribution is 2.12. The maximum atomic E-state index is 13.0. The molecular formula is C13H12F2N2O2. The van der Waals surface area contributed by atoms with Crippen LogP contribution in [0.4, 0.5) is 8.78 Å². The van der Waals surface area contributed by atoms with Crippen molar-refractivity contribution in [2.24, 2.45) is 0 Å². The number of hydrogen-bond acceptors (Lipinski definition) is 3. The smallest absolute Gasteiger partial charge is 0.356 e. The van der Waals surface area contributed by atoms with Crippen molar-refractivity contribution < 1.29 is 18.3 Å². The second-order valence-electron chi connectivity index (χ2n) is 3.89. The van der Waals surface area contributed by atoms with Gasteiger partial charge in [-0.15, -0.1) is 0 Å². The van der Waals surface area contributed by atoms with Crippen LogP contribution in [0.2, 0.25) is 0 Å². The fraction of sp³-hybridized carbons (Fsp3) is 0.231. The molecule has 1 aromatic heterocycles. The van der Waals surface area contributed by atoms with Gasteiger partial charge in [0.05, 0.1) is 12.8 Å². The van der Waals surface area contributed by atoms with E-state index in [0.29, 0.717) is 11.4 Å². The molecule has 0 atom stereocenters. The number of rotatable bonds is 4. The van der Waals surface area contributed by atoms with E-state index in [2.05, 4.69) is 9.97 Å². The minimum atomic E-state index is -0.908. The van der Waals surface area contributed by atoms with Crippen molar-refractivity contribution in [3.8, 4) is 0 Å². The average Bonchev–Trinajstić information content (AvgIpc) is 2.83. The van der Waals surface area contributed by atoms with Gasteiger partial charge in [-0.2, -0.15) is 0 Å². The summed E-state index contributed by atoms with van der Waals surface area (Å²) in [6.07, 6.45) is 1.63. The van der Waals surface area contributed by atoms with Gasteiger partial charge in [0.1, 0.15) is 11.5 Å². The summed E-state index contributed by atoms with van der Waals surface area (Å²) in [5.74, 6) is -1.81. The second kappa shape index (κ2) is 5.60. The molecule has 4 nitrogen and oxygen atoms in total. The molecule has 0 aliphatic rings. The molecule has 2 aromatic rings. The number of nitrogens with zero attached hydrogens (tertiary/aromatic N) is 1. The van der Waals surface area contributed by atoms with Crippen LogP contribution in [0.3, 0.4) is 0 Å². The molecular weight excluding hydrogens is 254 g/mol.